The van der Waals surface area contributed by atoms with Crippen LogP contribution in [0.15, 0.2) is 29.9 Å². The molecule has 17 heavy (non-hydrogen) atoms. The molecule has 2 aromatic rings. The molecule has 90 valence electrons. The topological polar surface area (TPSA) is 34.1 Å². The van der Waals surface area contributed by atoms with Crippen LogP contribution in [0.1, 0.15) is 17.4 Å². The number of benzene rings is 1. The van der Waals surface area contributed by atoms with E-state index >= 15 is 0 Å². The number of hydrogen-bond donors (Lipinski definition) is 1. The minimum absolute atomic E-state index is 0.701. The van der Waals surface area contributed by atoms with Crippen molar-refractivity contribution in [3.05, 3.63) is 40.3 Å². The van der Waals surface area contributed by atoms with Gasteiger partial charge < -0.3 is 10.1 Å². The molecule has 0 atom stereocenters. The Hall–Kier alpha value is -1.55. The van der Waals surface area contributed by atoms with Gasteiger partial charge in [0.15, 0.2) is 0 Å². The summed E-state index contributed by atoms with van der Waals surface area (Å²) in [7, 11) is 0. The van der Waals surface area contributed by atoms with Crippen LogP contribution >= 0.6 is 11.3 Å². The van der Waals surface area contributed by atoms with E-state index in [1.165, 1.54) is 10.4 Å². The smallest absolute Gasteiger partial charge is 0.119 e. The summed E-state index contributed by atoms with van der Waals surface area (Å²) in [5, 5.41) is 3.40. The number of aryl methyl sites for hydroxylation is 1. The lowest BCUT2D eigenvalue weighted by molar-refractivity contribution is 0.340. The molecule has 1 aromatic heterocycles. The molecule has 0 spiro atoms. The average Bonchev–Trinajstić information content (AvgIpc) is 2.81. The Bertz CT molecular complexity index is 468. The molecular formula is C13H16N2OS. The third-order valence-electron chi connectivity index (χ3n) is 2.45. The van der Waals surface area contributed by atoms with Gasteiger partial charge in [-0.25, -0.2) is 0 Å². The van der Waals surface area contributed by atoms with Gasteiger partial charge in [-0.3, -0.25) is 4.98 Å². The lowest BCUT2D eigenvalue weighted by Crippen LogP contribution is -2.00. The number of rotatable bonds is 5. The van der Waals surface area contributed by atoms with Crippen LogP contribution in [0.25, 0.3) is 0 Å². The number of hydrogen-bond acceptors (Lipinski definition) is 4. The second kappa shape index (κ2) is 5.68. The van der Waals surface area contributed by atoms with Crippen molar-refractivity contribution in [3.63, 3.8) is 0 Å². The maximum Gasteiger partial charge on any atom is 0.119 e. The van der Waals surface area contributed by atoms with Gasteiger partial charge in [0, 0.05) is 16.8 Å². The highest BCUT2D eigenvalue weighted by atomic mass is 32.1. The molecule has 1 heterocycles. The molecule has 0 amide bonds. The zero-order valence-electron chi connectivity index (χ0n) is 10.1. The number of nitrogens with zero attached hydrogens (tertiary/aromatic N) is 1. The summed E-state index contributed by atoms with van der Waals surface area (Å²) < 4.78 is 5.46. The molecule has 0 aliphatic rings. The average molecular weight is 248 g/mol. The monoisotopic (exact) mass is 248 g/mol. The molecule has 1 aromatic carbocycles. The summed E-state index contributed by atoms with van der Waals surface area (Å²) in [5.74, 6) is 0.924. The molecule has 2 rings (SSSR count). The second-order valence-corrected chi connectivity index (χ2v) is 4.70. The van der Waals surface area contributed by atoms with E-state index in [1.807, 2.05) is 24.7 Å². The highest BCUT2D eigenvalue weighted by molar-refractivity contribution is 7.09. The van der Waals surface area contributed by atoms with Gasteiger partial charge >= 0.3 is 0 Å². The number of nitrogens with one attached hydrogen (secondary N) is 1. The SMILES string of the molecule is CCOc1ccc(NCc2cncs2)c(C)c1. The van der Waals surface area contributed by atoms with Crippen LogP contribution in [0.3, 0.4) is 0 Å². The van der Waals surface area contributed by atoms with E-state index in [4.69, 9.17) is 4.74 Å². The first-order chi connectivity index (χ1) is 8.29. The molecule has 0 radical (unpaired) electrons. The fourth-order valence-corrected chi connectivity index (χ4v) is 2.14. The molecule has 3 nitrogen and oxygen atoms in total. The van der Waals surface area contributed by atoms with Crippen LogP contribution < -0.4 is 10.1 Å². The summed E-state index contributed by atoms with van der Waals surface area (Å²) in [5.41, 5.74) is 4.18. The standard InChI is InChI=1S/C13H16N2OS/c1-3-16-11-4-5-13(10(2)6-11)15-8-12-7-14-9-17-12/h4-7,9,15H,3,8H2,1-2H3. The summed E-state index contributed by atoms with van der Waals surface area (Å²) in [6.07, 6.45) is 1.89. The summed E-state index contributed by atoms with van der Waals surface area (Å²) in [4.78, 5) is 5.29. The minimum atomic E-state index is 0.701. The molecule has 4 heteroatoms. The maximum absolute atomic E-state index is 5.46. The first-order valence-electron chi connectivity index (χ1n) is 5.64. The third-order valence-corrected chi connectivity index (χ3v) is 3.23. The van der Waals surface area contributed by atoms with E-state index in [0.717, 1.165) is 18.0 Å². The Kier molecular flexibility index (Phi) is 3.98. The van der Waals surface area contributed by atoms with Crippen molar-refractivity contribution in [1.82, 2.24) is 4.98 Å². The van der Waals surface area contributed by atoms with Crippen LogP contribution in [0.5, 0.6) is 5.75 Å². The fourth-order valence-electron chi connectivity index (χ4n) is 1.60. The van der Waals surface area contributed by atoms with Crippen LogP contribution in [0.2, 0.25) is 0 Å². The summed E-state index contributed by atoms with van der Waals surface area (Å²) in [6, 6.07) is 6.10. The zero-order valence-corrected chi connectivity index (χ0v) is 10.9. The molecule has 0 saturated carbocycles. The molecule has 0 unspecified atom stereocenters. The van der Waals surface area contributed by atoms with Gasteiger partial charge in [-0.1, -0.05) is 0 Å². The summed E-state index contributed by atoms with van der Waals surface area (Å²) >= 11 is 1.66. The zero-order chi connectivity index (χ0) is 12.1. The van der Waals surface area contributed by atoms with Gasteiger partial charge in [0.2, 0.25) is 0 Å². The van der Waals surface area contributed by atoms with Crippen molar-refractivity contribution in [2.75, 3.05) is 11.9 Å². The number of thiazole rings is 1. The highest BCUT2D eigenvalue weighted by Gasteiger charge is 2.01. The van der Waals surface area contributed by atoms with Gasteiger partial charge in [0.05, 0.1) is 18.7 Å². The van der Waals surface area contributed by atoms with Crippen LogP contribution in [0.4, 0.5) is 5.69 Å². The van der Waals surface area contributed by atoms with E-state index in [1.54, 1.807) is 11.3 Å². The van der Waals surface area contributed by atoms with Crippen molar-refractivity contribution in [2.24, 2.45) is 0 Å². The lowest BCUT2D eigenvalue weighted by Gasteiger charge is -2.10. The molecule has 0 fully saturated rings. The molecule has 0 saturated heterocycles. The Morgan fingerprint density at radius 2 is 2.29 bits per heavy atom. The molecule has 0 bridgehead atoms. The second-order valence-electron chi connectivity index (χ2n) is 3.73. The van der Waals surface area contributed by atoms with Crippen molar-refractivity contribution < 1.29 is 4.74 Å². The van der Waals surface area contributed by atoms with E-state index in [-0.39, 0.29) is 0 Å². The van der Waals surface area contributed by atoms with Gasteiger partial charge in [0.1, 0.15) is 5.75 Å². The first kappa shape index (κ1) is 11.9. The third kappa shape index (κ3) is 3.20. The molecular weight excluding hydrogens is 232 g/mol. The van der Waals surface area contributed by atoms with E-state index < -0.39 is 0 Å². The van der Waals surface area contributed by atoms with Crippen molar-refractivity contribution in [3.8, 4) is 5.75 Å². The predicted octanol–water partition coefficient (Wildman–Crippen LogP) is 3.46. The Balaban J connectivity index is 2.01. The van der Waals surface area contributed by atoms with Gasteiger partial charge in [-0.2, -0.15) is 0 Å². The predicted molar refractivity (Wildman–Crippen MR) is 71.8 cm³/mol. The Morgan fingerprint density at radius 1 is 1.41 bits per heavy atom. The van der Waals surface area contributed by atoms with Crippen LogP contribution in [-0.2, 0) is 6.54 Å². The van der Waals surface area contributed by atoms with Gasteiger partial charge in [0.25, 0.3) is 0 Å². The normalized spacial score (nSPS) is 10.2. The molecule has 0 aliphatic heterocycles. The van der Waals surface area contributed by atoms with Crippen molar-refractivity contribution in [2.45, 2.75) is 20.4 Å². The summed E-state index contributed by atoms with van der Waals surface area (Å²) in [6.45, 7) is 5.59. The van der Waals surface area contributed by atoms with Crippen molar-refractivity contribution in [1.29, 1.82) is 0 Å². The van der Waals surface area contributed by atoms with Crippen molar-refractivity contribution >= 4 is 17.0 Å². The Morgan fingerprint density at radius 3 is 2.94 bits per heavy atom. The lowest BCUT2D eigenvalue weighted by atomic mass is 10.2. The van der Waals surface area contributed by atoms with E-state index in [2.05, 4.69) is 29.4 Å². The van der Waals surface area contributed by atoms with Gasteiger partial charge in [-0.05, 0) is 37.6 Å². The Labute approximate surface area is 105 Å². The maximum atomic E-state index is 5.46. The molecule has 0 aliphatic carbocycles. The first-order valence-corrected chi connectivity index (χ1v) is 6.52. The van der Waals surface area contributed by atoms with E-state index in [9.17, 15) is 0 Å². The quantitative estimate of drug-likeness (QED) is 0.879. The van der Waals surface area contributed by atoms with Gasteiger partial charge in [-0.15, -0.1) is 11.3 Å². The molecule has 1 N–H and O–H groups in total. The minimum Gasteiger partial charge on any atom is -0.494 e. The highest BCUT2D eigenvalue weighted by Crippen LogP contribution is 2.22. The van der Waals surface area contributed by atoms with Crippen LogP contribution in [-0.4, -0.2) is 11.6 Å². The van der Waals surface area contributed by atoms with Crippen LogP contribution in [0, 0.1) is 6.92 Å². The largest absolute Gasteiger partial charge is 0.494 e. The number of aromatic nitrogens is 1. The van der Waals surface area contributed by atoms with E-state index in [0.29, 0.717) is 6.61 Å². The fraction of sp³-hybridized carbons (Fsp3) is 0.308. The number of anilines is 1. The number of ether oxygens (including phenoxy) is 1.